The van der Waals surface area contributed by atoms with Crippen molar-refractivity contribution in [2.75, 3.05) is 27.3 Å². The Balaban J connectivity index is 2.00. The van der Waals surface area contributed by atoms with Crippen LogP contribution in [0.2, 0.25) is 0 Å². The van der Waals surface area contributed by atoms with E-state index in [1.54, 1.807) is 14.2 Å². The molecule has 1 atom stereocenters. The Hall–Kier alpha value is -2.00. The van der Waals surface area contributed by atoms with Crippen LogP contribution in [0.15, 0.2) is 48.5 Å². The molecule has 1 saturated heterocycles. The van der Waals surface area contributed by atoms with Crippen molar-refractivity contribution in [3.05, 3.63) is 59.7 Å². The summed E-state index contributed by atoms with van der Waals surface area (Å²) < 4.78 is 10.8. The molecule has 1 aliphatic rings. The molecule has 1 aliphatic heterocycles. The lowest BCUT2D eigenvalue weighted by molar-refractivity contribution is 0.313. The van der Waals surface area contributed by atoms with Gasteiger partial charge in [-0.05, 0) is 29.2 Å². The molecule has 0 radical (unpaired) electrons. The van der Waals surface area contributed by atoms with Gasteiger partial charge in [-0.1, -0.05) is 36.4 Å². The first kappa shape index (κ1) is 14.0. The molecule has 3 nitrogen and oxygen atoms in total. The summed E-state index contributed by atoms with van der Waals surface area (Å²) >= 11 is 0. The zero-order valence-electron chi connectivity index (χ0n) is 12.5. The molecule has 1 fully saturated rings. The number of methoxy groups -OCH3 is 2. The number of ether oxygens (including phenoxy) is 2. The Bertz CT molecular complexity index is 593. The van der Waals surface area contributed by atoms with Gasteiger partial charge in [-0.3, -0.25) is 0 Å². The van der Waals surface area contributed by atoms with Gasteiger partial charge in [-0.25, -0.2) is 0 Å². The zero-order chi connectivity index (χ0) is 14.7. The summed E-state index contributed by atoms with van der Waals surface area (Å²) in [5, 5.41) is 3.38. The maximum atomic E-state index is 5.45. The first-order valence-corrected chi connectivity index (χ1v) is 7.31. The third-order valence-corrected chi connectivity index (χ3v) is 4.21. The van der Waals surface area contributed by atoms with Crippen LogP contribution >= 0.6 is 0 Å². The molecule has 1 unspecified atom stereocenters. The van der Waals surface area contributed by atoms with Crippen molar-refractivity contribution in [3.63, 3.8) is 0 Å². The van der Waals surface area contributed by atoms with Crippen molar-refractivity contribution in [2.24, 2.45) is 5.92 Å². The molecule has 0 spiro atoms. The molecule has 1 N–H and O–H groups in total. The van der Waals surface area contributed by atoms with Crippen LogP contribution in [0.25, 0.3) is 0 Å². The van der Waals surface area contributed by atoms with Gasteiger partial charge in [0, 0.05) is 19.0 Å². The van der Waals surface area contributed by atoms with Crippen molar-refractivity contribution in [2.45, 2.75) is 5.92 Å². The van der Waals surface area contributed by atoms with Gasteiger partial charge in [0.15, 0.2) is 11.5 Å². The summed E-state index contributed by atoms with van der Waals surface area (Å²) in [4.78, 5) is 0. The van der Waals surface area contributed by atoms with Crippen molar-refractivity contribution in [1.29, 1.82) is 0 Å². The molecule has 2 aromatic rings. The van der Waals surface area contributed by atoms with E-state index in [-0.39, 0.29) is 0 Å². The maximum Gasteiger partial charge on any atom is 0.161 e. The normalized spacial score (nSPS) is 16.1. The minimum absolute atomic E-state index is 0.396. The highest BCUT2D eigenvalue weighted by Gasteiger charge is 2.30. The second kappa shape index (κ2) is 6.19. The van der Waals surface area contributed by atoms with E-state index in [0.29, 0.717) is 11.8 Å². The van der Waals surface area contributed by atoms with Gasteiger partial charge in [-0.2, -0.15) is 0 Å². The number of hydrogen-bond acceptors (Lipinski definition) is 3. The highest BCUT2D eigenvalue weighted by atomic mass is 16.5. The first-order chi connectivity index (χ1) is 10.3. The van der Waals surface area contributed by atoms with E-state index in [2.05, 4.69) is 47.8 Å². The highest BCUT2D eigenvalue weighted by Crippen LogP contribution is 2.38. The highest BCUT2D eigenvalue weighted by molar-refractivity contribution is 5.46. The summed E-state index contributed by atoms with van der Waals surface area (Å²) in [5.74, 6) is 2.60. The number of nitrogens with one attached hydrogen (secondary N) is 1. The molecule has 3 heteroatoms. The van der Waals surface area contributed by atoms with Crippen LogP contribution in [0, 0.1) is 5.92 Å². The number of rotatable bonds is 5. The third kappa shape index (κ3) is 2.74. The van der Waals surface area contributed by atoms with Crippen LogP contribution in [0.4, 0.5) is 0 Å². The molecule has 3 rings (SSSR count). The molecule has 0 aromatic heterocycles. The fourth-order valence-corrected chi connectivity index (χ4v) is 2.99. The minimum atomic E-state index is 0.396. The van der Waals surface area contributed by atoms with Crippen LogP contribution < -0.4 is 14.8 Å². The summed E-state index contributed by atoms with van der Waals surface area (Å²) in [7, 11) is 3.35. The van der Waals surface area contributed by atoms with E-state index in [9.17, 15) is 0 Å². The van der Waals surface area contributed by atoms with Gasteiger partial charge >= 0.3 is 0 Å². The van der Waals surface area contributed by atoms with Gasteiger partial charge in [0.2, 0.25) is 0 Å². The fraction of sp³-hybridized carbons (Fsp3) is 0.333. The van der Waals surface area contributed by atoms with Crippen LogP contribution in [-0.2, 0) is 0 Å². The SMILES string of the molecule is COc1ccc(C(c2ccccc2)C2CNC2)cc1OC. The van der Waals surface area contributed by atoms with E-state index < -0.39 is 0 Å². The molecule has 0 amide bonds. The van der Waals surface area contributed by atoms with Crippen LogP contribution in [0.3, 0.4) is 0 Å². The second-order valence-corrected chi connectivity index (χ2v) is 5.42. The Morgan fingerprint density at radius 1 is 0.905 bits per heavy atom. The Labute approximate surface area is 125 Å². The zero-order valence-corrected chi connectivity index (χ0v) is 12.5. The van der Waals surface area contributed by atoms with E-state index in [1.165, 1.54) is 11.1 Å². The molecular weight excluding hydrogens is 262 g/mol. The van der Waals surface area contributed by atoms with Gasteiger partial charge in [-0.15, -0.1) is 0 Å². The molecule has 21 heavy (non-hydrogen) atoms. The van der Waals surface area contributed by atoms with Gasteiger partial charge in [0.1, 0.15) is 0 Å². The molecule has 1 heterocycles. The first-order valence-electron chi connectivity index (χ1n) is 7.31. The maximum absolute atomic E-state index is 5.45. The molecule has 0 saturated carbocycles. The predicted octanol–water partition coefficient (Wildman–Crippen LogP) is 3.06. The summed E-state index contributed by atoms with van der Waals surface area (Å²) in [6.45, 7) is 2.13. The molecule has 110 valence electrons. The van der Waals surface area contributed by atoms with E-state index >= 15 is 0 Å². The third-order valence-electron chi connectivity index (χ3n) is 4.21. The lowest BCUT2D eigenvalue weighted by atomic mass is 9.77. The summed E-state index contributed by atoms with van der Waals surface area (Å²) in [5.41, 5.74) is 2.64. The lowest BCUT2D eigenvalue weighted by Crippen LogP contribution is -2.45. The van der Waals surface area contributed by atoms with Crippen molar-refractivity contribution >= 4 is 0 Å². The van der Waals surface area contributed by atoms with Crippen LogP contribution in [0.1, 0.15) is 17.0 Å². The quantitative estimate of drug-likeness (QED) is 0.915. The fourth-order valence-electron chi connectivity index (χ4n) is 2.99. The monoisotopic (exact) mass is 283 g/mol. The van der Waals surface area contributed by atoms with E-state index in [1.807, 2.05) is 6.07 Å². The lowest BCUT2D eigenvalue weighted by Gasteiger charge is -2.35. The molecule has 0 aliphatic carbocycles. The topological polar surface area (TPSA) is 30.5 Å². The Morgan fingerprint density at radius 2 is 1.62 bits per heavy atom. The Morgan fingerprint density at radius 3 is 2.19 bits per heavy atom. The van der Waals surface area contributed by atoms with E-state index in [0.717, 1.165) is 24.6 Å². The molecule has 2 aromatic carbocycles. The van der Waals surface area contributed by atoms with Gasteiger partial charge in [0.05, 0.1) is 14.2 Å². The van der Waals surface area contributed by atoms with Crippen LogP contribution in [-0.4, -0.2) is 27.3 Å². The van der Waals surface area contributed by atoms with Gasteiger partial charge in [0.25, 0.3) is 0 Å². The number of benzene rings is 2. The smallest absolute Gasteiger partial charge is 0.161 e. The largest absolute Gasteiger partial charge is 0.493 e. The van der Waals surface area contributed by atoms with Crippen LogP contribution in [0.5, 0.6) is 11.5 Å². The van der Waals surface area contributed by atoms with Gasteiger partial charge < -0.3 is 14.8 Å². The average Bonchev–Trinajstić information content (AvgIpc) is 2.51. The van der Waals surface area contributed by atoms with Crippen molar-refractivity contribution < 1.29 is 9.47 Å². The minimum Gasteiger partial charge on any atom is -0.493 e. The average molecular weight is 283 g/mol. The van der Waals surface area contributed by atoms with E-state index in [4.69, 9.17) is 9.47 Å². The second-order valence-electron chi connectivity index (χ2n) is 5.42. The molecule has 0 bridgehead atoms. The van der Waals surface area contributed by atoms with Crippen molar-refractivity contribution in [1.82, 2.24) is 5.32 Å². The Kier molecular flexibility index (Phi) is 4.11. The summed E-state index contributed by atoms with van der Waals surface area (Å²) in [6, 6.07) is 16.9. The van der Waals surface area contributed by atoms with Crippen molar-refractivity contribution in [3.8, 4) is 11.5 Å². The molecular formula is C18H21NO2. The predicted molar refractivity (Wildman–Crippen MR) is 84.2 cm³/mol. The number of hydrogen-bond donors (Lipinski definition) is 1. The standard InChI is InChI=1S/C18H21NO2/c1-20-16-9-8-14(10-17(16)21-2)18(15-11-19-12-15)13-6-4-3-5-7-13/h3-10,15,18-19H,11-12H2,1-2H3. The summed E-state index contributed by atoms with van der Waals surface area (Å²) in [6.07, 6.45) is 0.